The van der Waals surface area contributed by atoms with Crippen molar-refractivity contribution in [2.75, 3.05) is 5.32 Å². The van der Waals surface area contributed by atoms with E-state index in [1.165, 1.54) is 6.92 Å². The lowest BCUT2D eigenvalue weighted by molar-refractivity contribution is -0.114. The Labute approximate surface area is 180 Å². The second-order valence-corrected chi connectivity index (χ2v) is 7.31. The van der Waals surface area contributed by atoms with Crippen LogP contribution in [0.4, 0.5) is 5.69 Å². The van der Waals surface area contributed by atoms with Gasteiger partial charge in [0, 0.05) is 36.0 Å². The summed E-state index contributed by atoms with van der Waals surface area (Å²) in [5.41, 5.74) is 4.51. The molecule has 0 fully saturated rings. The molecule has 2 aromatic carbocycles. The van der Waals surface area contributed by atoms with E-state index in [4.69, 9.17) is 4.98 Å². The minimum atomic E-state index is -0.252. The summed E-state index contributed by atoms with van der Waals surface area (Å²) < 4.78 is 0. The first-order chi connectivity index (χ1) is 15.0. The fraction of sp³-hybridized carbons (Fsp3) is 0.120. The van der Waals surface area contributed by atoms with Crippen molar-refractivity contribution in [3.8, 4) is 11.3 Å². The highest BCUT2D eigenvalue weighted by molar-refractivity contribution is 6.07. The maximum atomic E-state index is 13.3. The van der Waals surface area contributed by atoms with Crippen LogP contribution in [-0.2, 0) is 4.79 Å². The highest BCUT2D eigenvalue weighted by Crippen LogP contribution is 2.25. The van der Waals surface area contributed by atoms with Gasteiger partial charge in [0.1, 0.15) is 0 Å². The van der Waals surface area contributed by atoms with Crippen molar-refractivity contribution < 1.29 is 9.59 Å². The second-order valence-electron chi connectivity index (χ2n) is 7.31. The number of rotatable bonds is 5. The van der Waals surface area contributed by atoms with Crippen LogP contribution >= 0.6 is 0 Å². The molecule has 0 aliphatic heterocycles. The SMILES string of the molecule is CC(=O)Nc1cccc(C(C)NC(=O)c2cc(-c3ccncc3)nc3ccccc23)c1. The van der Waals surface area contributed by atoms with E-state index in [9.17, 15) is 9.59 Å². The first-order valence-corrected chi connectivity index (χ1v) is 10.00. The lowest BCUT2D eigenvalue weighted by Crippen LogP contribution is -2.27. The molecule has 154 valence electrons. The van der Waals surface area contributed by atoms with E-state index >= 15 is 0 Å². The van der Waals surface area contributed by atoms with Gasteiger partial charge in [0.05, 0.1) is 22.8 Å². The number of nitrogens with zero attached hydrogens (tertiary/aromatic N) is 2. The van der Waals surface area contributed by atoms with Crippen LogP contribution in [0.25, 0.3) is 22.2 Å². The topological polar surface area (TPSA) is 84.0 Å². The molecule has 2 amide bonds. The van der Waals surface area contributed by atoms with Crippen LogP contribution in [0.2, 0.25) is 0 Å². The number of para-hydroxylation sites is 1. The fourth-order valence-electron chi connectivity index (χ4n) is 3.48. The van der Waals surface area contributed by atoms with E-state index in [0.717, 1.165) is 22.0 Å². The van der Waals surface area contributed by atoms with Gasteiger partial charge in [0.15, 0.2) is 0 Å². The number of carbonyl (C=O) groups excluding carboxylic acids is 2. The van der Waals surface area contributed by atoms with Crippen molar-refractivity contribution in [3.63, 3.8) is 0 Å². The normalized spacial score (nSPS) is 11.7. The van der Waals surface area contributed by atoms with Crippen molar-refractivity contribution in [1.82, 2.24) is 15.3 Å². The first-order valence-electron chi connectivity index (χ1n) is 10.00. The number of benzene rings is 2. The molecule has 4 rings (SSSR count). The van der Waals surface area contributed by atoms with Crippen LogP contribution in [0.3, 0.4) is 0 Å². The second kappa shape index (κ2) is 8.75. The van der Waals surface area contributed by atoms with Crippen LogP contribution in [0.5, 0.6) is 0 Å². The predicted molar refractivity (Wildman–Crippen MR) is 122 cm³/mol. The van der Waals surface area contributed by atoms with Crippen LogP contribution < -0.4 is 10.6 Å². The molecule has 0 saturated carbocycles. The zero-order chi connectivity index (χ0) is 21.8. The quantitative estimate of drug-likeness (QED) is 0.497. The molecule has 2 N–H and O–H groups in total. The molecule has 0 spiro atoms. The number of hydrogen-bond acceptors (Lipinski definition) is 4. The summed E-state index contributed by atoms with van der Waals surface area (Å²) in [6.07, 6.45) is 3.41. The lowest BCUT2D eigenvalue weighted by Gasteiger charge is -2.17. The van der Waals surface area contributed by atoms with Crippen LogP contribution in [0.15, 0.2) is 79.1 Å². The Kier molecular flexibility index (Phi) is 5.71. The zero-order valence-electron chi connectivity index (χ0n) is 17.3. The Morgan fingerprint density at radius 2 is 1.71 bits per heavy atom. The molecule has 6 nitrogen and oxygen atoms in total. The summed E-state index contributed by atoms with van der Waals surface area (Å²) >= 11 is 0. The van der Waals surface area contributed by atoms with Crippen LogP contribution in [0, 0.1) is 0 Å². The molecular formula is C25H22N4O2. The molecule has 1 unspecified atom stereocenters. The van der Waals surface area contributed by atoms with Gasteiger partial charge in [-0.2, -0.15) is 0 Å². The minimum Gasteiger partial charge on any atom is -0.345 e. The number of pyridine rings is 2. The molecule has 0 aliphatic rings. The first kappa shape index (κ1) is 20.2. The summed E-state index contributed by atoms with van der Waals surface area (Å²) in [5.74, 6) is -0.327. The summed E-state index contributed by atoms with van der Waals surface area (Å²) in [6.45, 7) is 3.38. The van der Waals surface area contributed by atoms with Gasteiger partial charge in [-0.05, 0) is 48.9 Å². The molecule has 2 aromatic heterocycles. The van der Waals surface area contributed by atoms with Crippen molar-refractivity contribution in [2.24, 2.45) is 0 Å². The van der Waals surface area contributed by atoms with Crippen molar-refractivity contribution >= 4 is 28.4 Å². The van der Waals surface area contributed by atoms with Gasteiger partial charge < -0.3 is 10.6 Å². The maximum absolute atomic E-state index is 13.3. The molecule has 2 heterocycles. The number of hydrogen-bond donors (Lipinski definition) is 2. The molecular weight excluding hydrogens is 388 g/mol. The average molecular weight is 410 g/mol. The fourth-order valence-corrected chi connectivity index (χ4v) is 3.48. The van der Waals surface area contributed by atoms with E-state index in [1.54, 1.807) is 12.4 Å². The van der Waals surface area contributed by atoms with E-state index in [2.05, 4.69) is 15.6 Å². The Balaban J connectivity index is 1.67. The molecule has 6 heteroatoms. The van der Waals surface area contributed by atoms with Crippen molar-refractivity contribution in [3.05, 3.63) is 90.3 Å². The molecule has 0 bridgehead atoms. The number of nitrogens with one attached hydrogen (secondary N) is 2. The summed E-state index contributed by atoms with van der Waals surface area (Å²) in [5, 5.41) is 6.63. The average Bonchev–Trinajstić information content (AvgIpc) is 2.78. The smallest absolute Gasteiger partial charge is 0.252 e. The van der Waals surface area contributed by atoms with E-state index in [0.29, 0.717) is 16.9 Å². The van der Waals surface area contributed by atoms with Crippen molar-refractivity contribution in [1.29, 1.82) is 0 Å². The van der Waals surface area contributed by atoms with Gasteiger partial charge >= 0.3 is 0 Å². The van der Waals surface area contributed by atoms with Crippen LogP contribution in [0.1, 0.15) is 35.8 Å². The molecule has 1 atom stereocenters. The summed E-state index contributed by atoms with van der Waals surface area (Å²) in [4.78, 5) is 33.4. The Bertz CT molecular complexity index is 1250. The van der Waals surface area contributed by atoms with Gasteiger partial charge in [0.2, 0.25) is 5.91 Å². The Morgan fingerprint density at radius 3 is 2.48 bits per heavy atom. The van der Waals surface area contributed by atoms with Crippen LogP contribution in [-0.4, -0.2) is 21.8 Å². The van der Waals surface area contributed by atoms with Gasteiger partial charge in [-0.1, -0.05) is 30.3 Å². The number of carbonyl (C=O) groups is 2. The standard InChI is InChI=1S/C25H22N4O2/c1-16(19-6-5-7-20(14-19)28-17(2)30)27-25(31)22-15-24(18-10-12-26-13-11-18)29-23-9-4-3-8-21(22)23/h3-16H,1-2H3,(H,27,31)(H,28,30). The number of aromatic nitrogens is 2. The third-order valence-electron chi connectivity index (χ3n) is 4.99. The number of fused-ring (bicyclic) bond motifs is 1. The molecule has 4 aromatic rings. The third kappa shape index (κ3) is 4.59. The molecule has 0 aliphatic carbocycles. The number of anilines is 1. The van der Waals surface area contributed by atoms with E-state index < -0.39 is 0 Å². The van der Waals surface area contributed by atoms with Crippen molar-refractivity contribution in [2.45, 2.75) is 19.9 Å². The van der Waals surface area contributed by atoms with Gasteiger partial charge in [-0.3, -0.25) is 14.6 Å². The van der Waals surface area contributed by atoms with Gasteiger partial charge in [0.25, 0.3) is 5.91 Å². The van der Waals surface area contributed by atoms with E-state index in [-0.39, 0.29) is 17.9 Å². The molecule has 0 saturated heterocycles. The highest BCUT2D eigenvalue weighted by atomic mass is 16.2. The lowest BCUT2D eigenvalue weighted by atomic mass is 10.0. The summed E-state index contributed by atoms with van der Waals surface area (Å²) in [6, 6.07) is 20.4. The third-order valence-corrected chi connectivity index (χ3v) is 4.99. The zero-order valence-corrected chi connectivity index (χ0v) is 17.3. The Hall–Kier alpha value is -4.06. The van der Waals surface area contributed by atoms with Gasteiger partial charge in [-0.25, -0.2) is 4.98 Å². The largest absolute Gasteiger partial charge is 0.345 e. The van der Waals surface area contributed by atoms with Gasteiger partial charge in [-0.15, -0.1) is 0 Å². The van der Waals surface area contributed by atoms with E-state index in [1.807, 2.05) is 73.7 Å². The number of amides is 2. The highest BCUT2D eigenvalue weighted by Gasteiger charge is 2.17. The Morgan fingerprint density at radius 1 is 0.935 bits per heavy atom. The minimum absolute atomic E-state index is 0.138. The maximum Gasteiger partial charge on any atom is 0.252 e. The predicted octanol–water partition coefficient (Wildman–Crippen LogP) is 4.75. The monoisotopic (exact) mass is 410 g/mol. The molecule has 31 heavy (non-hydrogen) atoms. The molecule has 0 radical (unpaired) electrons. The summed E-state index contributed by atoms with van der Waals surface area (Å²) in [7, 11) is 0.